The van der Waals surface area contributed by atoms with E-state index in [1.54, 1.807) is 6.26 Å². The summed E-state index contributed by atoms with van der Waals surface area (Å²) in [4.78, 5) is 0. The molecule has 0 saturated heterocycles. The lowest BCUT2D eigenvalue weighted by molar-refractivity contribution is 0.507. The number of hydrogen-bond donors (Lipinski definition) is 1. The predicted octanol–water partition coefficient (Wildman–Crippen LogP) is 1.32. The fraction of sp³-hybridized carbons (Fsp3) is 0.727. The van der Waals surface area contributed by atoms with Crippen molar-refractivity contribution in [1.82, 2.24) is 15.1 Å². The van der Waals surface area contributed by atoms with Gasteiger partial charge in [0.1, 0.15) is 0 Å². The molecular formula is C11H21N3OS. The van der Waals surface area contributed by atoms with Crippen molar-refractivity contribution in [2.45, 2.75) is 39.4 Å². The van der Waals surface area contributed by atoms with E-state index < -0.39 is 10.8 Å². The highest BCUT2D eigenvalue weighted by Gasteiger charge is 2.11. The van der Waals surface area contributed by atoms with Crippen molar-refractivity contribution in [2.24, 2.45) is 0 Å². The Bertz CT molecular complexity index is 351. The monoisotopic (exact) mass is 243 g/mol. The second-order valence-electron chi connectivity index (χ2n) is 4.16. The quantitative estimate of drug-likeness (QED) is 0.819. The van der Waals surface area contributed by atoms with E-state index in [-0.39, 0.29) is 12.1 Å². The van der Waals surface area contributed by atoms with Crippen LogP contribution in [0.15, 0.2) is 12.4 Å². The molecule has 0 bridgehead atoms. The highest BCUT2D eigenvalue weighted by Crippen LogP contribution is 2.11. The summed E-state index contributed by atoms with van der Waals surface area (Å²) in [6, 6.07) is 0.504. The zero-order valence-corrected chi connectivity index (χ0v) is 11.3. The second kappa shape index (κ2) is 6.15. The third-order valence-electron chi connectivity index (χ3n) is 2.50. The Balaban J connectivity index is 2.51. The Hall–Kier alpha value is -0.680. The van der Waals surface area contributed by atoms with E-state index in [0.29, 0.717) is 5.75 Å². The predicted molar refractivity (Wildman–Crippen MR) is 67.8 cm³/mol. The van der Waals surface area contributed by atoms with Gasteiger partial charge < -0.3 is 5.32 Å². The molecule has 3 unspecified atom stereocenters. The van der Waals surface area contributed by atoms with Gasteiger partial charge in [-0.25, -0.2) is 0 Å². The first kappa shape index (κ1) is 13.4. The van der Waals surface area contributed by atoms with Gasteiger partial charge in [-0.3, -0.25) is 8.89 Å². The van der Waals surface area contributed by atoms with Crippen LogP contribution in [0.3, 0.4) is 0 Å². The Morgan fingerprint density at radius 1 is 1.56 bits per heavy atom. The van der Waals surface area contributed by atoms with Crippen LogP contribution in [0.5, 0.6) is 0 Å². The molecule has 1 rings (SSSR count). The van der Waals surface area contributed by atoms with E-state index >= 15 is 0 Å². The lowest BCUT2D eigenvalue weighted by Gasteiger charge is -2.17. The fourth-order valence-corrected chi connectivity index (χ4v) is 2.50. The molecule has 1 aromatic rings. The Morgan fingerprint density at radius 3 is 2.75 bits per heavy atom. The molecular weight excluding hydrogens is 222 g/mol. The van der Waals surface area contributed by atoms with E-state index in [0.717, 1.165) is 6.54 Å². The lowest BCUT2D eigenvalue weighted by atomic mass is 10.2. The van der Waals surface area contributed by atoms with Gasteiger partial charge >= 0.3 is 0 Å². The highest BCUT2D eigenvalue weighted by atomic mass is 32.2. The number of aryl methyl sites for hydroxylation is 1. The molecule has 4 nitrogen and oxygen atoms in total. The minimum atomic E-state index is -0.748. The van der Waals surface area contributed by atoms with Gasteiger partial charge in [0.15, 0.2) is 0 Å². The second-order valence-corrected chi connectivity index (χ2v) is 5.64. The van der Waals surface area contributed by atoms with Crippen molar-refractivity contribution >= 4 is 10.8 Å². The number of nitrogens with one attached hydrogen (secondary N) is 1. The Labute approximate surface area is 99.9 Å². The maximum atomic E-state index is 11.1. The van der Waals surface area contributed by atoms with Crippen LogP contribution in [-0.2, 0) is 17.3 Å². The van der Waals surface area contributed by atoms with Crippen LogP contribution >= 0.6 is 0 Å². The summed E-state index contributed by atoms with van der Waals surface area (Å²) in [7, 11) is -0.748. The molecule has 0 fully saturated rings. The zero-order valence-electron chi connectivity index (χ0n) is 10.4. The minimum Gasteiger partial charge on any atom is -0.307 e. The molecule has 5 heteroatoms. The van der Waals surface area contributed by atoms with Crippen LogP contribution in [0.1, 0.15) is 32.4 Å². The third kappa shape index (κ3) is 4.06. The summed E-state index contributed by atoms with van der Waals surface area (Å²) in [6.07, 6.45) is 5.67. The summed E-state index contributed by atoms with van der Waals surface area (Å²) in [6.45, 7) is 7.12. The summed E-state index contributed by atoms with van der Waals surface area (Å²) < 4.78 is 13.0. The number of aromatic nitrogens is 2. The van der Waals surface area contributed by atoms with Crippen LogP contribution < -0.4 is 5.32 Å². The van der Waals surface area contributed by atoms with Gasteiger partial charge in [0.25, 0.3) is 0 Å². The summed E-state index contributed by atoms with van der Waals surface area (Å²) in [5.74, 6) is 0.687. The van der Waals surface area contributed by atoms with E-state index in [1.807, 2.05) is 17.1 Å². The molecule has 0 saturated carbocycles. The first-order valence-corrected chi connectivity index (χ1v) is 7.34. The van der Waals surface area contributed by atoms with E-state index in [1.165, 1.54) is 5.56 Å². The van der Waals surface area contributed by atoms with Crippen molar-refractivity contribution < 1.29 is 4.21 Å². The smallest absolute Gasteiger partial charge is 0.0537 e. The average molecular weight is 243 g/mol. The van der Waals surface area contributed by atoms with Crippen LogP contribution in [-0.4, -0.2) is 32.0 Å². The van der Waals surface area contributed by atoms with Gasteiger partial charge in [0.05, 0.1) is 6.20 Å². The topological polar surface area (TPSA) is 46.9 Å². The molecule has 1 N–H and O–H groups in total. The van der Waals surface area contributed by atoms with Crippen LogP contribution in [0.2, 0.25) is 0 Å². The summed E-state index contributed by atoms with van der Waals surface area (Å²) in [5, 5.41) is 7.66. The molecule has 0 spiro atoms. The highest BCUT2D eigenvalue weighted by molar-refractivity contribution is 7.84. The van der Waals surface area contributed by atoms with Gasteiger partial charge in [0.2, 0.25) is 0 Å². The molecule has 0 aromatic carbocycles. The van der Waals surface area contributed by atoms with E-state index in [2.05, 4.69) is 31.2 Å². The van der Waals surface area contributed by atoms with Crippen molar-refractivity contribution in [2.75, 3.05) is 12.0 Å². The lowest BCUT2D eigenvalue weighted by Crippen LogP contribution is -2.33. The van der Waals surface area contributed by atoms with Gasteiger partial charge in [-0.05, 0) is 20.8 Å². The number of rotatable bonds is 6. The molecule has 92 valence electrons. The number of hydrogen-bond acceptors (Lipinski definition) is 3. The molecule has 0 aliphatic carbocycles. The summed E-state index contributed by atoms with van der Waals surface area (Å²) in [5.41, 5.74) is 1.18. The van der Waals surface area contributed by atoms with Crippen LogP contribution in [0.25, 0.3) is 0 Å². The van der Waals surface area contributed by atoms with Crippen molar-refractivity contribution in [3.63, 3.8) is 0 Å². The first-order valence-electron chi connectivity index (χ1n) is 5.61. The third-order valence-corrected chi connectivity index (χ3v) is 3.47. The summed E-state index contributed by atoms with van der Waals surface area (Å²) >= 11 is 0. The van der Waals surface area contributed by atoms with Gasteiger partial charge in [-0.15, -0.1) is 0 Å². The maximum Gasteiger partial charge on any atom is 0.0537 e. The van der Waals surface area contributed by atoms with Crippen LogP contribution in [0, 0.1) is 0 Å². The molecule has 1 heterocycles. The Morgan fingerprint density at radius 2 is 2.25 bits per heavy atom. The van der Waals surface area contributed by atoms with Crippen molar-refractivity contribution in [3.8, 4) is 0 Å². The molecule has 0 amide bonds. The van der Waals surface area contributed by atoms with Crippen molar-refractivity contribution in [3.05, 3.63) is 18.0 Å². The fourth-order valence-electron chi connectivity index (χ4n) is 1.70. The zero-order chi connectivity index (χ0) is 12.1. The minimum absolute atomic E-state index is 0.249. The normalized spacial score (nSPS) is 17.0. The molecule has 1 aromatic heterocycles. The molecule has 16 heavy (non-hydrogen) atoms. The maximum absolute atomic E-state index is 11.1. The first-order chi connectivity index (χ1) is 7.52. The van der Waals surface area contributed by atoms with Crippen LogP contribution in [0.4, 0.5) is 0 Å². The largest absolute Gasteiger partial charge is 0.307 e. The average Bonchev–Trinajstić information content (AvgIpc) is 2.64. The molecule has 0 radical (unpaired) electrons. The standard InChI is InChI=1S/C11H21N3OS/c1-5-14-7-11(6-12-14)10(3)13-9(2)8-16(4)15/h6-7,9-10,13H,5,8H2,1-4H3. The SMILES string of the molecule is CCn1cc(C(C)NC(C)CS(C)=O)cn1. The van der Waals surface area contributed by atoms with E-state index in [9.17, 15) is 4.21 Å². The molecule has 0 aliphatic heterocycles. The van der Waals surface area contributed by atoms with Gasteiger partial charge in [-0.2, -0.15) is 5.10 Å². The van der Waals surface area contributed by atoms with Crippen molar-refractivity contribution in [1.29, 1.82) is 0 Å². The number of nitrogens with zero attached hydrogens (tertiary/aromatic N) is 2. The van der Waals surface area contributed by atoms with Gasteiger partial charge in [-0.1, -0.05) is 0 Å². The molecule has 3 atom stereocenters. The Kier molecular flexibility index (Phi) is 5.15. The van der Waals surface area contributed by atoms with E-state index in [4.69, 9.17) is 0 Å². The molecule has 0 aliphatic rings. The van der Waals surface area contributed by atoms with Gasteiger partial charge in [0, 0.05) is 53.2 Å².